The van der Waals surface area contributed by atoms with Crippen molar-refractivity contribution in [2.45, 2.75) is 25.7 Å². The molecule has 3 nitrogen and oxygen atoms in total. The lowest BCUT2D eigenvalue weighted by molar-refractivity contribution is 0.0974. The van der Waals surface area contributed by atoms with Gasteiger partial charge in [0, 0.05) is 22.5 Å². The van der Waals surface area contributed by atoms with Gasteiger partial charge in [0.25, 0.3) is 0 Å². The molecule has 0 atom stereocenters. The van der Waals surface area contributed by atoms with Crippen LogP contribution in [-0.4, -0.2) is 16.1 Å². The molecule has 25 heavy (non-hydrogen) atoms. The predicted octanol–water partition coefficient (Wildman–Crippen LogP) is 4.13. The molecule has 0 unspecified atom stereocenters. The van der Waals surface area contributed by atoms with Gasteiger partial charge in [0.2, 0.25) is 5.78 Å². The summed E-state index contributed by atoms with van der Waals surface area (Å²) in [6.45, 7) is 0. The van der Waals surface area contributed by atoms with Gasteiger partial charge in [-0.2, -0.15) is 0 Å². The summed E-state index contributed by atoms with van der Waals surface area (Å²) in [5.74, 6) is -0.0403. The number of fused-ring (bicyclic) bond motifs is 4. The molecule has 1 heterocycles. The summed E-state index contributed by atoms with van der Waals surface area (Å²) >= 11 is 0. The molecule has 0 spiro atoms. The summed E-state index contributed by atoms with van der Waals surface area (Å²) in [6.07, 6.45) is 3.95. The molecule has 0 radical (unpaired) electrons. The number of aromatic nitrogens is 1. The topological polar surface area (TPSA) is 39.1 Å². The van der Waals surface area contributed by atoms with Crippen LogP contribution in [0, 0.1) is 0 Å². The molecule has 0 amide bonds. The molecule has 0 aliphatic heterocycles. The fraction of sp³-hybridized carbons (Fsp3) is 0.182. The Morgan fingerprint density at radius 2 is 1.36 bits per heavy atom. The van der Waals surface area contributed by atoms with Crippen LogP contribution in [0.4, 0.5) is 0 Å². The van der Waals surface area contributed by atoms with E-state index < -0.39 is 0 Å². The van der Waals surface area contributed by atoms with Crippen LogP contribution in [0.3, 0.4) is 0 Å². The van der Waals surface area contributed by atoms with E-state index in [4.69, 9.17) is 0 Å². The first-order chi connectivity index (χ1) is 12.3. The number of benzene rings is 2. The Morgan fingerprint density at radius 1 is 0.720 bits per heavy atom. The molecule has 1 aromatic heterocycles. The summed E-state index contributed by atoms with van der Waals surface area (Å²) in [4.78, 5) is 26.5. The fourth-order valence-electron chi connectivity index (χ4n) is 4.26. The van der Waals surface area contributed by atoms with E-state index in [1.54, 1.807) is 12.1 Å². The maximum absolute atomic E-state index is 13.3. The van der Waals surface area contributed by atoms with Crippen molar-refractivity contribution in [3.8, 4) is 5.69 Å². The Morgan fingerprint density at radius 3 is 2.12 bits per heavy atom. The molecule has 0 saturated carbocycles. The SMILES string of the molecule is O=C1c2ccccc2C(=O)c2c1c1c(n2-c2ccccc2)CCCC1. The molecular weight excluding hydrogens is 310 g/mol. The third-order valence-electron chi connectivity index (χ3n) is 5.34. The van der Waals surface area contributed by atoms with E-state index in [1.165, 1.54) is 0 Å². The monoisotopic (exact) mass is 327 g/mol. The first kappa shape index (κ1) is 14.4. The predicted molar refractivity (Wildman–Crippen MR) is 95.7 cm³/mol. The molecule has 0 fully saturated rings. The molecule has 5 rings (SSSR count). The van der Waals surface area contributed by atoms with Gasteiger partial charge >= 0.3 is 0 Å². The summed E-state index contributed by atoms with van der Waals surface area (Å²) in [5.41, 5.74) is 5.44. The number of hydrogen-bond acceptors (Lipinski definition) is 2. The van der Waals surface area contributed by atoms with E-state index in [2.05, 4.69) is 0 Å². The highest BCUT2D eigenvalue weighted by molar-refractivity contribution is 6.28. The first-order valence-corrected chi connectivity index (χ1v) is 8.77. The Kier molecular flexibility index (Phi) is 3.04. The van der Waals surface area contributed by atoms with Crippen molar-refractivity contribution < 1.29 is 9.59 Å². The molecule has 2 aromatic carbocycles. The summed E-state index contributed by atoms with van der Waals surface area (Å²) < 4.78 is 2.04. The standard InChI is InChI=1S/C22H17NO2/c24-21-15-10-4-5-11-16(15)22(25)20-19(21)17-12-6-7-13-18(17)23(20)14-8-2-1-3-9-14/h1-5,8-11H,6-7,12-13H2. The zero-order chi connectivity index (χ0) is 17.0. The van der Waals surface area contributed by atoms with Crippen LogP contribution < -0.4 is 0 Å². The third-order valence-corrected chi connectivity index (χ3v) is 5.34. The van der Waals surface area contributed by atoms with E-state index >= 15 is 0 Å². The number of ketones is 2. The molecule has 0 bridgehead atoms. The van der Waals surface area contributed by atoms with Crippen molar-refractivity contribution in [3.05, 3.63) is 88.2 Å². The summed E-state index contributed by atoms with van der Waals surface area (Å²) in [7, 11) is 0. The van der Waals surface area contributed by atoms with Crippen LogP contribution in [0.25, 0.3) is 5.69 Å². The Bertz CT molecular complexity index is 1030. The van der Waals surface area contributed by atoms with E-state index in [0.29, 0.717) is 22.4 Å². The van der Waals surface area contributed by atoms with Gasteiger partial charge in [0.15, 0.2) is 5.78 Å². The Labute approximate surface area is 145 Å². The average Bonchev–Trinajstić information content (AvgIpc) is 3.02. The van der Waals surface area contributed by atoms with Gasteiger partial charge in [0.05, 0.1) is 5.56 Å². The second-order valence-corrected chi connectivity index (χ2v) is 6.73. The minimum atomic E-state index is -0.0385. The maximum atomic E-state index is 13.3. The van der Waals surface area contributed by atoms with Gasteiger partial charge in [-0.1, -0.05) is 42.5 Å². The molecule has 0 saturated heterocycles. The normalized spacial score (nSPS) is 15.5. The lowest BCUT2D eigenvalue weighted by Crippen LogP contribution is -2.23. The average molecular weight is 327 g/mol. The number of carbonyl (C=O) groups is 2. The van der Waals surface area contributed by atoms with Crippen molar-refractivity contribution in [1.82, 2.24) is 4.57 Å². The second kappa shape index (κ2) is 5.28. The Balaban J connectivity index is 1.87. The third kappa shape index (κ3) is 1.92. The van der Waals surface area contributed by atoms with Gasteiger partial charge in [0.1, 0.15) is 5.69 Å². The van der Waals surface area contributed by atoms with Crippen molar-refractivity contribution in [3.63, 3.8) is 0 Å². The van der Waals surface area contributed by atoms with E-state index in [0.717, 1.165) is 42.6 Å². The summed E-state index contributed by atoms with van der Waals surface area (Å²) in [6, 6.07) is 17.1. The van der Waals surface area contributed by atoms with Crippen molar-refractivity contribution >= 4 is 11.6 Å². The highest BCUT2D eigenvalue weighted by atomic mass is 16.1. The minimum absolute atomic E-state index is 0.00182. The highest BCUT2D eigenvalue weighted by Crippen LogP contribution is 2.38. The minimum Gasteiger partial charge on any atom is -0.310 e. The zero-order valence-electron chi connectivity index (χ0n) is 13.8. The largest absolute Gasteiger partial charge is 0.310 e. The first-order valence-electron chi connectivity index (χ1n) is 8.77. The van der Waals surface area contributed by atoms with Crippen LogP contribution in [0.5, 0.6) is 0 Å². The van der Waals surface area contributed by atoms with Gasteiger partial charge in [-0.05, 0) is 43.4 Å². The molecule has 0 N–H and O–H groups in total. The van der Waals surface area contributed by atoms with E-state index in [1.807, 2.05) is 47.0 Å². The van der Waals surface area contributed by atoms with Gasteiger partial charge in [-0.15, -0.1) is 0 Å². The van der Waals surface area contributed by atoms with Gasteiger partial charge in [-0.25, -0.2) is 0 Å². The van der Waals surface area contributed by atoms with Crippen LogP contribution in [-0.2, 0) is 12.8 Å². The van der Waals surface area contributed by atoms with Crippen molar-refractivity contribution in [2.75, 3.05) is 0 Å². The van der Waals surface area contributed by atoms with Gasteiger partial charge in [-0.3, -0.25) is 9.59 Å². The van der Waals surface area contributed by atoms with Crippen LogP contribution in [0.2, 0.25) is 0 Å². The molecule has 2 aliphatic carbocycles. The lowest BCUT2D eigenvalue weighted by Gasteiger charge is -2.18. The quantitative estimate of drug-likeness (QED) is 0.527. The number of para-hydroxylation sites is 1. The second-order valence-electron chi connectivity index (χ2n) is 6.73. The lowest BCUT2D eigenvalue weighted by atomic mass is 9.84. The van der Waals surface area contributed by atoms with Crippen LogP contribution in [0.1, 0.15) is 56.1 Å². The Hall–Kier alpha value is -2.94. The van der Waals surface area contributed by atoms with Gasteiger partial charge < -0.3 is 4.57 Å². The fourth-order valence-corrected chi connectivity index (χ4v) is 4.26. The number of hydrogen-bond donors (Lipinski definition) is 0. The summed E-state index contributed by atoms with van der Waals surface area (Å²) in [5, 5.41) is 0. The number of nitrogens with zero attached hydrogens (tertiary/aromatic N) is 1. The molecule has 3 aromatic rings. The number of rotatable bonds is 1. The molecule has 122 valence electrons. The zero-order valence-corrected chi connectivity index (χ0v) is 13.8. The highest BCUT2D eigenvalue weighted by Gasteiger charge is 2.38. The van der Waals surface area contributed by atoms with Crippen LogP contribution in [0.15, 0.2) is 54.6 Å². The van der Waals surface area contributed by atoms with E-state index in [9.17, 15) is 9.59 Å². The van der Waals surface area contributed by atoms with E-state index in [-0.39, 0.29) is 11.6 Å². The number of carbonyl (C=O) groups excluding carboxylic acids is 2. The maximum Gasteiger partial charge on any atom is 0.211 e. The molecular formula is C22H17NO2. The molecule has 3 heteroatoms. The van der Waals surface area contributed by atoms with Crippen molar-refractivity contribution in [1.29, 1.82) is 0 Å². The van der Waals surface area contributed by atoms with Crippen LogP contribution >= 0.6 is 0 Å². The smallest absolute Gasteiger partial charge is 0.211 e. The molecule has 2 aliphatic rings. The van der Waals surface area contributed by atoms with Crippen molar-refractivity contribution in [2.24, 2.45) is 0 Å².